The SMILES string of the molecule is C=CC[C@@H]1CN([C@H](C)c2ccccc2)C[C@H]1CO[Si](C)(C)C(C)(C)C. The average molecular weight is 360 g/mol. The van der Waals surface area contributed by atoms with Crippen molar-refractivity contribution < 1.29 is 4.43 Å². The van der Waals surface area contributed by atoms with E-state index in [-0.39, 0.29) is 5.04 Å². The molecule has 2 nitrogen and oxygen atoms in total. The molecule has 1 aliphatic heterocycles. The minimum atomic E-state index is -1.68. The van der Waals surface area contributed by atoms with E-state index in [1.165, 1.54) is 5.56 Å². The number of hydrogen-bond donors (Lipinski definition) is 0. The highest BCUT2D eigenvalue weighted by Crippen LogP contribution is 2.39. The molecule has 0 spiro atoms. The van der Waals surface area contributed by atoms with Gasteiger partial charge >= 0.3 is 0 Å². The second-order valence-electron chi connectivity index (χ2n) is 9.16. The Kier molecular flexibility index (Phi) is 6.69. The first kappa shape index (κ1) is 20.4. The Morgan fingerprint density at radius 1 is 1.20 bits per heavy atom. The van der Waals surface area contributed by atoms with Crippen LogP contribution < -0.4 is 0 Å². The Morgan fingerprint density at radius 2 is 1.80 bits per heavy atom. The van der Waals surface area contributed by atoms with Crippen LogP contribution in [-0.4, -0.2) is 32.9 Å². The van der Waals surface area contributed by atoms with Crippen molar-refractivity contribution in [3.8, 4) is 0 Å². The largest absolute Gasteiger partial charge is 0.416 e. The van der Waals surface area contributed by atoms with E-state index in [2.05, 4.69) is 88.7 Å². The predicted molar refractivity (Wildman–Crippen MR) is 111 cm³/mol. The fourth-order valence-corrected chi connectivity index (χ4v) is 4.50. The zero-order valence-electron chi connectivity index (χ0n) is 17.1. The molecule has 0 amide bonds. The molecule has 0 aliphatic carbocycles. The zero-order chi connectivity index (χ0) is 18.7. The first-order chi connectivity index (χ1) is 11.7. The number of rotatable bonds is 7. The van der Waals surface area contributed by atoms with Crippen LogP contribution in [0.1, 0.15) is 45.7 Å². The molecular weight excluding hydrogens is 322 g/mol. The summed E-state index contributed by atoms with van der Waals surface area (Å²) in [5.41, 5.74) is 1.41. The summed E-state index contributed by atoms with van der Waals surface area (Å²) in [4.78, 5) is 2.63. The summed E-state index contributed by atoms with van der Waals surface area (Å²) in [6, 6.07) is 11.3. The van der Waals surface area contributed by atoms with Gasteiger partial charge in [-0.15, -0.1) is 6.58 Å². The molecular formula is C22H37NOSi. The van der Waals surface area contributed by atoms with E-state index in [9.17, 15) is 0 Å². The molecule has 0 unspecified atom stereocenters. The van der Waals surface area contributed by atoms with Crippen LogP contribution in [0.15, 0.2) is 43.0 Å². The number of benzene rings is 1. The zero-order valence-corrected chi connectivity index (χ0v) is 18.1. The molecule has 0 N–H and O–H groups in total. The van der Waals surface area contributed by atoms with Crippen molar-refractivity contribution in [2.45, 2.75) is 58.3 Å². The molecule has 2 rings (SSSR count). The van der Waals surface area contributed by atoms with Gasteiger partial charge in [-0.25, -0.2) is 0 Å². The Labute approximate surface area is 156 Å². The molecule has 0 radical (unpaired) electrons. The molecule has 1 fully saturated rings. The van der Waals surface area contributed by atoms with E-state index >= 15 is 0 Å². The number of likely N-dealkylation sites (tertiary alicyclic amines) is 1. The van der Waals surface area contributed by atoms with Gasteiger partial charge in [0.15, 0.2) is 8.32 Å². The fourth-order valence-electron chi connectivity index (χ4n) is 3.44. The Bertz CT molecular complexity index is 549. The van der Waals surface area contributed by atoms with Gasteiger partial charge in [0.2, 0.25) is 0 Å². The lowest BCUT2D eigenvalue weighted by Crippen LogP contribution is -2.42. The maximum atomic E-state index is 6.57. The molecule has 0 aromatic heterocycles. The van der Waals surface area contributed by atoms with Crippen molar-refractivity contribution in [3.63, 3.8) is 0 Å². The Balaban J connectivity index is 2.03. The Morgan fingerprint density at radius 3 is 2.36 bits per heavy atom. The summed E-state index contributed by atoms with van der Waals surface area (Å²) in [6.07, 6.45) is 3.17. The highest BCUT2D eigenvalue weighted by molar-refractivity contribution is 6.74. The van der Waals surface area contributed by atoms with E-state index in [4.69, 9.17) is 4.43 Å². The summed E-state index contributed by atoms with van der Waals surface area (Å²) >= 11 is 0. The van der Waals surface area contributed by atoms with Crippen LogP contribution in [0.2, 0.25) is 18.1 Å². The first-order valence-electron chi connectivity index (χ1n) is 9.69. The van der Waals surface area contributed by atoms with Gasteiger partial charge in [-0.05, 0) is 48.9 Å². The van der Waals surface area contributed by atoms with Crippen molar-refractivity contribution in [3.05, 3.63) is 48.6 Å². The van der Waals surface area contributed by atoms with Crippen molar-refractivity contribution >= 4 is 8.32 Å². The topological polar surface area (TPSA) is 12.5 Å². The van der Waals surface area contributed by atoms with Gasteiger partial charge < -0.3 is 4.43 Å². The van der Waals surface area contributed by atoms with Gasteiger partial charge in [0.05, 0.1) is 0 Å². The van der Waals surface area contributed by atoms with Gasteiger partial charge in [-0.3, -0.25) is 4.90 Å². The minimum Gasteiger partial charge on any atom is -0.416 e. The quantitative estimate of drug-likeness (QED) is 0.444. The molecule has 0 bridgehead atoms. The molecule has 1 aromatic carbocycles. The summed E-state index contributed by atoms with van der Waals surface area (Å²) in [6.45, 7) is 21.2. The van der Waals surface area contributed by atoms with Crippen LogP contribution in [-0.2, 0) is 4.43 Å². The number of hydrogen-bond acceptors (Lipinski definition) is 2. The molecule has 1 aromatic rings. The third-order valence-electron chi connectivity index (χ3n) is 6.37. The van der Waals surface area contributed by atoms with E-state index in [0.717, 1.165) is 26.1 Å². The number of nitrogens with zero attached hydrogens (tertiary/aromatic N) is 1. The average Bonchev–Trinajstić information content (AvgIpc) is 2.95. The Hall–Kier alpha value is -0.903. The highest BCUT2D eigenvalue weighted by atomic mass is 28.4. The lowest BCUT2D eigenvalue weighted by molar-refractivity contribution is 0.197. The van der Waals surface area contributed by atoms with Crippen LogP contribution in [0, 0.1) is 11.8 Å². The maximum Gasteiger partial charge on any atom is 0.191 e. The van der Waals surface area contributed by atoms with Gasteiger partial charge in [0.1, 0.15) is 0 Å². The van der Waals surface area contributed by atoms with E-state index in [1.54, 1.807) is 0 Å². The molecule has 140 valence electrons. The van der Waals surface area contributed by atoms with Crippen LogP contribution >= 0.6 is 0 Å². The fraction of sp³-hybridized carbons (Fsp3) is 0.636. The summed E-state index contributed by atoms with van der Waals surface area (Å²) in [5.74, 6) is 1.27. The standard InChI is InChI=1S/C22H37NOSi/c1-8-12-20-15-23(18(2)19-13-10-9-11-14-19)16-21(20)17-24-25(6,7)22(3,4)5/h8-11,13-14,18,20-21H,1,12,15-17H2,2-7H3/t18-,20-,21+/m1/s1. The van der Waals surface area contributed by atoms with Crippen LogP contribution in [0.5, 0.6) is 0 Å². The molecule has 1 heterocycles. The van der Waals surface area contributed by atoms with Crippen LogP contribution in [0.25, 0.3) is 0 Å². The summed E-state index contributed by atoms with van der Waals surface area (Å²) in [5, 5.41) is 0.274. The van der Waals surface area contributed by atoms with Crippen molar-refractivity contribution in [1.29, 1.82) is 0 Å². The van der Waals surface area contributed by atoms with Crippen LogP contribution in [0.4, 0.5) is 0 Å². The molecule has 25 heavy (non-hydrogen) atoms. The van der Waals surface area contributed by atoms with Gasteiger partial charge in [0, 0.05) is 25.7 Å². The van der Waals surface area contributed by atoms with E-state index < -0.39 is 8.32 Å². The monoisotopic (exact) mass is 359 g/mol. The minimum absolute atomic E-state index is 0.274. The first-order valence-corrected chi connectivity index (χ1v) is 12.6. The van der Waals surface area contributed by atoms with Gasteiger partial charge in [0.25, 0.3) is 0 Å². The lowest BCUT2D eigenvalue weighted by Gasteiger charge is -2.37. The normalized spacial score (nSPS) is 23.6. The van der Waals surface area contributed by atoms with E-state index in [1.807, 2.05) is 0 Å². The third-order valence-corrected chi connectivity index (χ3v) is 10.9. The molecule has 0 saturated carbocycles. The molecule has 3 heteroatoms. The summed E-state index contributed by atoms with van der Waals surface area (Å²) in [7, 11) is -1.68. The highest BCUT2D eigenvalue weighted by Gasteiger charge is 2.40. The van der Waals surface area contributed by atoms with Crippen molar-refractivity contribution in [2.24, 2.45) is 11.8 Å². The lowest BCUT2D eigenvalue weighted by atomic mass is 9.94. The number of allylic oxidation sites excluding steroid dienone is 1. The van der Waals surface area contributed by atoms with Gasteiger partial charge in [-0.2, -0.15) is 0 Å². The molecule has 1 aliphatic rings. The smallest absolute Gasteiger partial charge is 0.191 e. The van der Waals surface area contributed by atoms with Gasteiger partial charge in [-0.1, -0.05) is 57.2 Å². The maximum absolute atomic E-state index is 6.57. The second kappa shape index (κ2) is 8.19. The third kappa shape index (κ3) is 5.05. The van der Waals surface area contributed by atoms with E-state index in [0.29, 0.717) is 17.9 Å². The van der Waals surface area contributed by atoms with Crippen LogP contribution in [0.3, 0.4) is 0 Å². The van der Waals surface area contributed by atoms with Crippen molar-refractivity contribution in [2.75, 3.05) is 19.7 Å². The summed E-state index contributed by atoms with van der Waals surface area (Å²) < 4.78 is 6.57. The predicted octanol–water partition coefficient (Wildman–Crippen LogP) is 5.89. The molecule has 1 saturated heterocycles. The molecule has 3 atom stereocenters. The second-order valence-corrected chi connectivity index (χ2v) is 14.0. The van der Waals surface area contributed by atoms with Crippen molar-refractivity contribution in [1.82, 2.24) is 4.90 Å².